The molecule has 0 atom stereocenters. The molecule has 7 heteroatoms. The predicted molar refractivity (Wildman–Crippen MR) is 102 cm³/mol. The normalized spacial score (nSPS) is 20.2. The van der Waals surface area contributed by atoms with Crippen molar-refractivity contribution in [3.63, 3.8) is 0 Å². The van der Waals surface area contributed by atoms with E-state index < -0.39 is 0 Å². The van der Waals surface area contributed by atoms with Gasteiger partial charge in [0.05, 0.1) is 12.2 Å². The number of rotatable bonds is 5. The highest BCUT2D eigenvalue weighted by molar-refractivity contribution is 14.0. The van der Waals surface area contributed by atoms with Crippen molar-refractivity contribution in [2.24, 2.45) is 4.99 Å². The summed E-state index contributed by atoms with van der Waals surface area (Å²) in [4.78, 5) is 6.94. The van der Waals surface area contributed by atoms with Crippen LogP contribution in [0.25, 0.3) is 0 Å². The maximum atomic E-state index is 5.29. The van der Waals surface area contributed by atoms with Gasteiger partial charge in [-0.05, 0) is 32.1 Å². The van der Waals surface area contributed by atoms with E-state index in [0.717, 1.165) is 29.9 Å². The molecule has 0 amide bonds. The van der Waals surface area contributed by atoms with Gasteiger partial charge in [-0.3, -0.25) is 4.99 Å². The van der Waals surface area contributed by atoms with E-state index in [-0.39, 0.29) is 24.0 Å². The molecule has 0 spiro atoms. The van der Waals surface area contributed by atoms with Crippen molar-refractivity contribution in [3.8, 4) is 0 Å². The SMILES string of the molecule is CCc1cc(CNC(=NC)NC2CCN(C3CC3)CC2)on1.I. The third-order valence-corrected chi connectivity index (χ3v) is 4.56. The van der Waals surface area contributed by atoms with Gasteiger partial charge < -0.3 is 20.1 Å². The number of halogens is 1. The van der Waals surface area contributed by atoms with Crippen LogP contribution >= 0.6 is 24.0 Å². The molecule has 2 heterocycles. The van der Waals surface area contributed by atoms with Crippen LogP contribution in [0.4, 0.5) is 0 Å². The van der Waals surface area contributed by atoms with Gasteiger partial charge in [-0.2, -0.15) is 0 Å². The number of likely N-dealkylation sites (tertiary alicyclic amines) is 1. The second kappa shape index (κ2) is 8.86. The Kier molecular flexibility index (Phi) is 7.13. The maximum Gasteiger partial charge on any atom is 0.191 e. The first-order valence-electron chi connectivity index (χ1n) is 8.44. The zero-order valence-electron chi connectivity index (χ0n) is 14.0. The minimum absolute atomic E-state index is 0. The van der Waals surface area contributed by atoms with Gasteiger partial charge in [-0.15, -0.1) is 24.0 Å². The number of nitrogens with zero attached hydrogens (tertiary/aromatic N) is 3. The fourth-order valence-electron chi connectivity index (χ4n) is 3.01. The fraction of sp³-hybridized carbons (Fsp3) is 0.750. The summed E-state index contributed by atoms with van der Waals surface area (Å²) >= 11 is 0. The van der Waals surface area contributed by atoms with E-state index in [1.165, 1.54) is 38.8 Å². The average molecular weight is 433 g/mol. The lowest BCUT2D eigenvalue weighted by Crippen LogP contribution is -2.48. The van der Waals surface area contributed by atoms with E-state index in [0.29, 0.717) is 12.6 Å². The second-order valence-corrected chi connectivity index (χ2v) is 6.25. The van der Waals surface area contributed by atoms with E-state index in [9.17, 15) is 0 Å². The summed E-state index contributed by atoms with van der Waals surface area (Å²) in [5.74, 6) is 1.70. The molecule has 0 bridgehead atoms. The summed E-state index contributed by atoms with van der Waals surface area (Å²) in [6.45, 7) is 5.11. The molecule has 6 nitrogen and oxygen atoms in total. The number of aromatic nitrogens is 1. The van der Waals surface area contributed by atoms with Crippen molar-refractivity contribution < 1.29 is 4.52 Å². The minimum Gasteiger partial charge on any atom is -0.359 e. The zero-order chi connectivity index (χ0) is 15.4. The highest BCUT2D eigenvalue weighted by atomic mass is 127. The lowest BCUT2D eigenvalue weighted by atomic mass is 10.1. The van der Waals surface area contributed by atoms with E-state index in [2.05, 4.69) is 32.6 Å². The number of piperidine rings is 1. The molecular formula is C16H28IN5O. The van der Waals surface area contributed by atoms with Gasteiger partial charge in [0.25, 0.3) is 0 Å². The molecule has 130 valence electrons. The fourth-order valence-corrected chi connectivity index (χ4v) is 3.01. The van der Waals surface area contributed by atoms with Crippen LogP contribution in [0.2, 0.25) is 0 Å². The third kappa shape index (κ3) is 5.34. The van der Waals surface area contributed by atoms with Crippen LogP contribution < -0.4 is 10.6 Å². The first-order valence-corrected chi connectivity index (χ1v) is 8.44. The monoisotopic (exact) mass is 433 g/mol. The van der Waals surface area contributed by atoms with Crippen LogP contribution in [-0.4, -0.2) is 48.2 Å². The molecule has 2 aliphatic rings. The van der Waals surface area contributed by atoms with Gasteiger partial charge in [0.15, 0.2) is 11.7 Å². The standard InChI is InChI=1S/C16H27N5O.HI/c1-3-12-10-15(22-20-12)11-18-16(17-2)19-13-6-8-21(9-7-13)14-4-5-14;/h10,13-14H,3-9,11H2,1-2H3,(H2,17,18,19);1H. The molecule has 1 aromatic heterocycles. The van der Waals surface area contributed by atoms with Crippen molar-refractivity contribution in [2.45, 2.75) is 57.7 Å². The van der Waals surface area contributed by atoms with Gasteiger partial charge in [0.2, 0.25) is 0 Å². The predicted octanol–water partition coefficient (Wildman–Crippen LogP) is 2.15. The first kappa shape index (κ1) is 18.5. The summed E-state index contributed by atoms with van der Waals surface area (Å²) in [6.07, 6.45) is 6.09. The van der Waals surface area contributed by atoms with Crippen LogP contribution in [0, 0.1) is 0 Å². The van der Waals surface area contributed by atoms with E-state index >= 15 is 0 Å². The van der Waals surface area contributed by atoms with Crippen LogP contribution in [0.1, 0.15) is 44.1 Å². The minimum atomic E-state index is 0. The van der Waals surface area contributed by atoms with Crippen molar-refractivity contribution >= 4 is 29.9 Å². The molecule has 1 saturated heterocycles. The molecule has 23 heavy (non-hydrogen) atoms. The molecule has 1 aliphatic heterocycles. The molecule has 2 fully saturated rings. The largest absolute Gasteiger partial charge is 0.359 e. The summed E-state index contributed by atoms with van der Waals surface area (Å²) in [6, 6.07) is 3.40. The second-order valence-electron chi connectivity index (χ2n) is 6.25. The van der Waals surface area contributed by atoms with E-state index in [1.54, 1.807) is 0 Å². The Morgan fingerprint density at radius 1 is 1.35 bits per heavy atom. The summed E-state index contributed by atoms with van der Waals surface area (Å²) in [5.41, 5.74) is 0.993. The number of hydrogen-bond donors (Lipinski definition) is 2. The van der Waals surface area contributed by atoms with Gasteiger partial charge in [0, 0.05) is 38.3 Å². The van der Waals surface area contributed by atoms with E-state index in [1.807, 2.05) is 13.1 Å². The van der Waals surface area contributed by atoms with Gasteiger partial charge in [-0.1, -0.05) is 12.1 Å². The van der Waals surface area contributed by atoms with Crippen molar-refractivity contribution in [2.75, 3.05) is 20.1 Å². The van der Waals surface area contributed by atoms with Crippen LogP contribution in [0.3, 0.4) is 0 Å². The molecule has 0 radical (unpaired) electrons. The topological polar surface area (TPSA) is 65.7 Å². The summed E-state index contributed by atoms with van der Waals surface area (Å²) in [5, 5.41) is 10.8. The smallest absolute Gasteiger partial charge is 0.191 e. The van der Waals surface area contributed by atoms with E-state index in [4.69, 9.17) is 4.52 Å². The molecule has 1 aliphatic carbocycles. The maximum absolute atomic E-state index is 5.29. The first-order chi connectivity index (χ1) is 10.8. The Hall–Kier alpha value is -0.830. The Labute approximate surface area is 155 Å². The van der Waals surface area contributed by atoms with Crippen molar-refractivity contribution in [1.29, 1.82) is 0 Å². The summed E-state index contributed by atoms with van der Waals surface area (Å²) < 4.78 is 5.29. The Bertz CT molecular complexity index is 506. The molecule has 2 N–H and O–H groups in total. The lowest BCUT2D eigenvalue weighted by Gasteiger charge is -2.33. The molecule has 0 unspecified atom stereocenters. The molecule has 1 saturated carbocycles. The third-order valence-electron chi connectivity index (χ3n) is 4.56. The lowest BCUT2D eigenvalue weighted by molar-refractivity contribution is 0.197. The Morgan fingerprint density at radius 3 is 2.65 bits per heavy atom. The van der Waals surface area contributed by atoms with Crippen molar-refractivity contribution in [3.05, 3.63) is 17.5 Å². The highest BCUT2D eigenvalue weighted by Gasteiger charge is 2.31. The van der Waals surface area contributed by atoms with Gasteiger partial charge in [0.1, 0.15) is 0 Å². The summed E-state index contributed by atoms with van der Waals surface area (Å²) in [7, 11) is 1.81. The molecule has 3 rings (SSSR count). The number of aryl methyl sites for hydroxylation is 1. The molecular weight excluding hydrogens is 405 g/mol. The zero-order valence-corrected chi connectivity index (χ0v) is 16.4. The van der Waals surface area contributed by atoms with Crippen molar-refractivity contribution in [1.82, 2.24) is 20.7 Å². The molecule has 0 aromatic carbocycles. The highest BCUT2D eigenvalue weighted by Crippen LogP contribution is 2.29. The average Bonchev–Trinajstić information content (AvgIpc) is 3.30. The van der Waals surface area contributed by atoms with Crippen LogP contribution in [0.15, 0.2) is 15.6 Å². The Morgan fingerprint density at radius 2 is 2.09 bits per heavy atom. The van der Waals surface area contributed by atoms with Crippen LogP contribution in [-0.2, 0) is 13.0 Å². The van der Waals surface area contributed by atoms with Gasteiger partial charge >= 0.3 is 0 Å². The van der Waals surface area contributed by atoms with Crippen LogP contribution in [0.5, 0.6) is 0 Å². The number of nitrogens with one attached hydrogen (secondary N) is 2. The quantitative estimate of drug-likeness (QED) is 0.423. The number of guanidine groups is 1. The Balaban J connectivity index is 0.00000192. The van der Waals surface area contributed by atoms with Gasteiger partial charge in [-0.25, -0.2) is 0 Å². The number of hydrogen-bond acceptors (Lipinski definition) is 4. The molecule has 1 aromatic rings. The number of aliphatic imine (C=N–C) groups is 1.